The Morgan fingerprint density at radius 3 is 2.92 bits per heavy atom. The first-order valence-electron chi connectivity index (χ1n) is 7.84. The Bertz CT molecular complexity index is 869. The van der Waals surface area contributed by atoms with Crippen molar-refractivity contribution in [2.75, 3.05) is 18.4 Å². The summed E-state index contributed by atoms with van der Waals surface area (Å²) < 4.78 is 40.5. The number of amides is 1. The van der Waals surface area contributed by atoms with Crippen molar-refractivity contribution in [3.8, 4) is 0 Å². The molecule has 0 radical (unpaired) electrons. The quantitative estimate of drug-likeness (QED) is 0.880. The lowest BCUT2D eigenvalue weighted by atomic mass is 9.99. The van der Waals surface area contributed by atoms with Gasteiger partial charge in [0, 0.05) is 24.7 Å². The molecule has 2 heterocycles. The number of carbonyl (C=O) groups is 1. The highest BCUT2D eigenvalue weighted by molar-refractivity contribution is 7.89. The summed E-state index contributed by atoms with van der Waals surface area (Å²) in [6.07, 6.45) is 2.76. The largest absolute Gasteiger partial charge is 0.302 e. The van der Waals surface area contributed by atoms with E-state index in [1.54, 1.807) is 18.5 Å². The first-order chi connectivity index (χ1) is 11.9. The number of hydrogen-bond acceptors (Lipinski definition) is 5. The normalized spacial score (nSPS) is 18.9. The fraction of sp³-hybridized carbons (Fsp3) is 0.375. The number of nitrogens with one attached hydrogen (secondary N) is 1. The average molecular weight is 383 g/mol. The lowest BCUT2D eigenvalue weighted by molar-refractivity contribution is -0.120. The molecule has 25 heavy (non-hydrogen) atoms. The Labute approximate surface area is 149 Å². The maximum absolute atomic E-state index is 13.7. The molecule has 1 aromatic heterocycles. The third kappa shape index (κ3) is 3.88. The van der Waals surface area contributed by atoms with Crippen LogP contribution in [0, 0.1) is 18.7 Å². The van der Waals surface area contributed by atoms with Gasteiger partial charge in [-0.2, -0.15) is 4.31 Å². The van der Waals surface area contributed by atoms with Gasteiger partial charge in [-0.25, -0.2) is 17.8 Å². The number of piperidine rings is 1. The van der Waals surface area contributed by atoms with Gasteiger partial charge in [-0.15, -0.1) is 11.3 Å². The van der Waals surface area contributed by atoms with Gasteiger partial charge in [0.2, 0.25) is 15.9 Å². The van der Waals surface area contributed by atoms with Gasteiger partial charge < -0.3 is 5.32 Å². The summed E-state index contributed by atoms with van der Waals surface area (Å²) in [6.45, 7) is 1.97. The molecule has 6 nitrogen and oxygen atoms in total. The third-order valence-electron chi connectivity index (χ3n) is 4.20. The van der Waals surface area contributed by atoms with Crippen molar-refractivity contribution in [2.24, 2.45) is 5.92 Å². The van der Waals surface area contributed by atoms with Crippen molar-refractivity contribution in [2.45, 2.75) is 24.7 Å². The smallest absolute Gasteiger partial charge is 0.243 e. The molecule has 3 rings (SSSR count). The maximum Gasteiger partial charge on any atom is 0.243 e. The topological polar surface area (TPSA) is 79.4 Å². The summed E-state index contributed by atoms with van der Waals surface area (Å²) >= 11 is 1.30. The van der Waals surface area contributed by atoms with Gasteiger partial charge in [0.25, 0.3) is 0 Å². The number of rotatable bonds is 4. The Balaban J connectivity index is 1.75. The molecular formula is C16H18FN3O3S2. The molecular weight excluding hydrogens is 365 g/mol. The number of halogens is 1. The number of thiazole rings is 1. The number of aryl methyl sites for hydroxylation is 1. The van der Waals surface area contributed by atoms with E-state index >= 15 is 0 Å². The molecule has 1 saturated heterocycles. The fourth-order valence-corrected chi connectivity index (χ4v) is 4.82. The number of nitrogens with zero attached hydrogens (tertiary/aromatic N) is 2. The van der Waals surface area contributed by atoms with E-state index in [1.165, 1.54) is 27.8 Å². The highest BCUT2D eigenvalue weighted by Gasteiger charge is 2.33. The summed E-state index contributed by atoms with van der Waals surface area (Å²) in [5.41, 5.74) is 0.387. The van der Waals surface area contributed by atoms with Gasteiger partial charge in [-0.3, -0.25) is 4.79 Å². The monoisotopic (exact) mass is 383 g/mol. The van der Waals surface area contributed by atoms with Crippen LogP contribution in [0.5, 0.6) is 0 Å². The van der Waals surface area contributed by atoms with E-state index in [9.17, 15) is 17.6 Å². The number of aromatic nitrogens is 1. The number of sulfonamides is 1. The predicted octanol–water partition coefficient (Wildman–Crippen LogP) is 2.63. The first kappa shape index (κ1) is 18.0. The Morgan fingerprint density at radius 2 is 2.24 bits per heavy atom. The minimum atomic E-state index is -3.83. The summed E-state index contributed by atoms with van der Waals surface area (Å²) in [4.78, 5) is 16.3. The maximum atomic E-state index is 13.7. The number of benzene rings is 1. The third-order valence-corrected chi connectivity index (χ3v) is 6.75. The number of anilines is 1. The van der Waals surface area contributed by atoms with Gasteiger partial charge >= 0.3 is 0 Å². The molecule has 1 amide bonds. The zero-order valence-corrected chi connectivity index (χ0v) is 15.2. The minimum absolute atomic E-state index is 0.0784. The zero-order valence-electron chi connectivity index (χ0n) is 13.6. The molecule has 134 valence electrons. The SMILES string of the molecule is Cc1ccc(S(=O)(=O)N2CCC[C@@H](C(=O)Nc3nccs3)C2)cc1F. The first-order valence-corrected chi connectivity index (χ1v) is 10.2. The molecule has 1 aliphatic heterocycles. The lowest BCUT2D eigenvalue weighted by Crippen LogP contribution is -2.43. The zero-order chi connectivity index (χ0) is 18.0. The van der Waals surface area contributed by atoms with E-state index in [0.717, 1.165) is 6.07 Å². The van der Waals surface area contributed by atoms with Crippen molar-refractivity contribution in [3.63, 3.8) is 0 Å². The second-order valence-electron chi connectivity index (χ2n) is 5.94. The predicted molar refractivity (Wildman–Crippen MR) is 93.4 cm³/mol. The second-order valence-corrected chi connectivity index (χ2v) is 8.77. The van der Waals surface area contributed by atoms with Crippen molar-refractivity contribution in [1.82, 2.24) is 9.29 Å². The molecule has 0 unspecified atom stereocenters. The van der Waals surface area contributed by atoms with Crippen molar-refractivity contribution in [1.29, 1.82) is 0 Å². The van der Waals surface area contributed by atoms with Crippen LogP contribution in [0.3, 0.4) is 0 Å². The lowest BCUT2D eigenvalue weighted by Gasteiger charge is -2.31. The molecule has 1 N–H and O–H groups in total. The van der Waals surface area contributed by atoms with Gasteiger partial charge in [0.15, 0.2) is 5.13 Å². The number of carbonyl (C=O) groups excluding carboxylic acids is 1. The highest BCUT2D eigenvalue weighted by atomic mass is 32.2. The molecule has 1 atom stereocenters. The molecule has 0 saturated carbocycles. The highest BCUT2D eigenvalue weighted by Crippen LogP contribution is 2.26. The van der Waals surface area contributed by atoms with Crippen LogP contribution in [0.1, 0.15) is 18.4 Å². The van der Waals surface area contributed by atoms with Crippen LogP contribution in [0.2, 0.25) is 0 Å². The Morgan fingerprint density at radius 1 is 1.44 bits per heavy atom. The van der Waals surface area contributed by atoms with Crippen LogP contribution in [-0.4, -0.2) is 36.7 Å². The van der Waals surface area contributed by atoms with Gasteiger partial charge in [-0.1, -0.05) is 6.07 Å². The summed E-state index contributed by atoms with van der Waals surface area (Å²) in [5.74, 6) is -1.26. The van der Waals surface area contributed by atoms with Crippen LogP contribution in [-0.2, 0) is 14.8 Å². The Kier molecular flexibility index (Phi) is 5.16. The van der Waals surface area contributed by atoms with Crippen LogP contribution < -0.4 is 5.32 Å². The van der Waals surface area contributed by atoms with E-state index < -0.39 is 21.8 Å². The summed E-state index contributed by atoms with van der Waals surface area (Å²) in [5, 5.41) is 4.95. The van der Waals surface area contributed by atoms with Crippen molar-refractivity contribution >= 4 is 32.4 Å². The van der Waals surface area contributed by atoms with Crippen LogP contribution in [0.25, 0.3) is 0 Å². The van der Waals surface area contributed by atoms with Crippen LogP contribution >= 0.6 is 11.3 Å². The molecule has 1 aromatic carbocycles. The molecule has 1 fully saturated rings. The van der Waals surface area contributed by atoms with E-state index in [0.29, 0.717) is 30.1 Å². The molecule has 9 heteroatoms. The second kappa shape index (κ2) is 7.19. The fourth-order valence-electron chi connectivity index (χ4n) is 2.75. The molecule has 1 aliphatic rings. The average Bonchev–Trinajstić information content (AvgIpc) is 3.10. The summed E-state index contributed by atoms with van der Waals surface area (Å²) in [6, 6.07) is 3.87. The molecule has 0 aliphatic carbocycles. The Hall–Kier alpha value is -1.84. The van der Waals surface area contributed by atoms with Crippen LogP contribution in [0.15, 0.2) is 34.7 Å². The van der Waals surface area contributed by atoms with Gasteiger partial charge in [0.1, 0.15) is 5.82 Å². The van der Waals surface area contributed by atoms with Crippen molar-refractivity contribution in [3.05, 3.63) is 41.2 Å². The van der Waals surface area contributed by atoms with E-state index in [2.05, 4.69) is 10.3 Å². The molecule has 2 aromatic rings. The minimum Gasteiger partial charge on any atom is -0.302 e. The summed E-state index contributed by atoms with van der Waals surface area (Å²) in [7, 11) is -3.83. The van der Waals surface area contributed by atoms with E-state index in [-0.39, 0.29) is 17.3 Å². The van der Waals surface area contributed by atoms with Crippen molar-refractivity contribution < 1.29 is 17.6 Å². The van der Waals surface area contributed by atoms with Gasteiger partial charge in [0.05, 0.1) is 10.8 Å². The molecule has 0 bridgehead atoms. The van der Waals surface area contributed by atoms with E-state index in [4.69, 9.17) is 0 Å². The standard InChI is InChI=1S/C16H18FN3O3S2/c1-11-4-5-13(9-14(11)17)25(22,23)20-7-2-3-12(10-20)15(21)19-16-18-6-8-24-16/h4-6,8-9,12H,2-3,7,10H2,1H3,(H,18,19,21)/t12-/m1/s1. The van der Waals surface area contributed by atoms with E-state index in [1.807, 2.05) is 0 Å². The van der Waals surface area contributed by atoms with Crippen LogP contribution in [0.4, 0.5) is 9.52 Å². The van der Waals surface area contributed by atoms with Gasteiger partial charge in [-0.05, 0) is 37.5 Å². The molecule has 0 spiro atoms. The number of hydrogen-bond donors (Lipinski definition) is 1.